The molecule has 0 bridgehead atoms. The van der Waals surface area contributed by atoms with Gasteiger partial charge in [-0.25, -0.2) is 0 Å². The molecule has 0 aromatic heterocycles. The fourth-order valence-corrected chi connectivity index (χ4v) is 2.74. The normalized spacial score (nSPS) is 10.8. The predicted octanol–water partition coefficient (Wildman–Crippen LogP) is 4.35. The van der Waals surface area contributed by atoms with Gasteiger partial charge in [0.05, 0.1) is 6.61 Å². The largest absolute Gasteiger partial charge is 0.504 e. The predicted molar refractivity (Wildman–Crippen MR) is 82.9 cm³/mol. The second-order valence-corrected chi connectivity index (χ2v) is 5.15. The molecule has 0 amide bonds. The Bertz CT molecular complexity index is 398. The molecule has 1 rings (SSSR count). The highest BCUT2D eigenvalue weighted by atomic mass is 16.5. The van der Waals surface area contributed by atoms with Gasteiger partial charge in [0.15, 0.2) is 11.5 Å². The number of rotatable bonds is 8. The van der Waals surface area contributed by atoms with Gasteiger partial charge < -0.3 is 14.9 Å². The summed E-state index contributed by atoms with van der Waals surface area (Å²) in [6.45, 7) is 8.72. The summed E-state index contributed by atoms with van der Waals surface area (Å²) in [5.74, 6) is 0.410. The molecule has 1 aromatic carbocycles. The van der Waals surface area contributed by atoms with Crippen molar-refractivity contribution < 1.29 is 14.9 Å². The highest BCUT2D eigenvalue weighted by Gasteiger charge is 2.23. The van der Waals surface area contributed by atoms with Crippen molar-refractivity contribution in [3.8, 4) is 17.2 Å². The molecule has 3 heteroatoms. The number of benzene rings is 1. The van der Waals surface area contributed by atoms with Crippen LogP contribution in [0.3, 0.4) is 0 Å². The molecule has 0 unspecified atom stereocenters. The molecule has 0 atom stereocenters. The third-order valence-electron chi connectivity index (χ3n) is 3.52. The number of hydrogen-bond acceptors (Lipinski definition) is 3. The monoisotopic (exact) mass is 280 g/mol. The zero-order valence-electron chi connectivity index (χ0n) is 13.3. The Morgan fingerprint density at radius 3 is 1.70 bits per heavy atom. The SMILES string of the molecule is CCCc1c(O)c(O)c(OCC)c(CCC)c1CCC. The van der Waals surface area contributed by atoms with Gasteiger partial charge in [-0.15, -0.1) is 0 Å². The molecule has 0 spiro atoms. The Balaban J connectivity index is 3.53. The average Bonchev–Trinajstić information content (AvgIpc) is 2.44. The molecule has 0 saturated heterocycles. The van der Waals surface area contributed by atoms with Crippen molar-refractivity contribution >= 4 is 0 Å². The van der Waals surface area contributed by atoms with E-state index in [0.717, 1.165) is 49.7 Å². The van der Waals surface area contributed by atoms with Crippen molar-refractivity contribution in [1.82, 2.24) is 0 Å². The van der Waals surface area contributed by atoms with E-state index in [1.54, 1.807) is 0 Å². The first-order valence-electron chi connectivity index (χ1n) is 7.83. The second-order valence-electron chi connectivity index (χ2n) is 5.15. The smallest absolute Gasteiger partial charge is 0.201 e. The van der Waals surface area contributed by atoms with Crippen LogP contribution in [0, 0.1) is 0 Å². The van der Waals surface area contributed by atoms with E-state index in [9.17, 15) is 10.2 Å². The lowest BCUT2D eigenvalue weighted by Gasteiger charge is -2.21. The maximum atomic E-state index is 10.3. The number of ether oxygens (including phenoxy) is 1. The summed E-state index contributed by atoms with van der Waals surface area (Å²) in [5, 5.41) is 20.6. The Hall–Kier alpha value is -1.38. The molecule has 2 N–H and O–H groups in total. The average molecular weight is 280 g/mol. The van der Waals surface area contributed by atoms with E-state index in [1.807, 2.05) is 6.92 Å². The maximum Gasteiger partial charge on any atom is 0.201 e. The molecule has 3 nitrogen and oxygen atoms in total. The summed E-state index contributed by atoms with van der Waals surface area (Å²) < 4.78 is 5.61. The molecule has 20 heavy (non-hydrogen) atoms. The molecular weight excluding hydrogens is 252 g/mol. The summed E-state index contributed by atoms with van der Waals surface area (Å²) in [7, 11) is 0. The molecule has 0 fully saturated rings. The lowest BCUT2D eigenvalue weighted by molar-refractivity contribution is 0.303. The topological polar surface area (TPSA) is 49.7 Å². The minimum atomic E-state index is -0.0846. The van der Waals surface area contributed by atoms with Crippen LogP contribution in [0.1, 0.15) is 63.6 Å². The lowest BCUT2D eigenvalue weighted by atomic mass is 9.90. The fraction of sp³-hybridized carbons (Fsp3) is 0.647. The van der Waals surface area contributed by atoms with E-state index in [-0.39, 0.29) is 11.5 Å². The van der Waals surface area contributed by atoms with Crippen LogP contribution >= 0.6 is 0 Å². The lowest BCUT2D eigenvalue weighted by Crippen LogP contribution is -2.06. The van der Waals surface area contributed by atoms with Crippen LogP contribution < -0.4 is 4.74 Å². The Morgan fingerprint density at radius 1 is 0.700 bits per heavy atom. The molecule has 0 saturated carbocycles. The summed E-state index contributed by atoms with van der Waals surface area (Å²) in [5.41, 5.74) is 3.16. The molecule has 0 aliphatic carbocycles. The van der Waals surface area contributed by atoms with Crippen molar-refractivity contribution in [2.24, 2.45) is 0 Å². The van der Waals surface area contributed by atoms with Gasteiger partial charge in [0.1, 0.15) is 0 Å². The van der Waals surface area contributed by atoms with Crippen molar-refractivity contribution in [2.75, 3.05) is 6.61 Å². The number of phenolic OH excluding ortho intramolecular Hbond substituents is 2. The zero-order chi connectivity index (χ0) is 15.1. The Kier molecular flexibility index (Phi) is 6.69. The first-order chi connectivity index (χ1) is 9.62. The van der Waals surface area contributed by atoms with Crippen LogP contribution in [0.4, 0.5) is 0 Å². The van der Waals surface area contributed by atoms with E-state index in [4.69, 9.17) is 4.74 Å². The van der Waals surface area contributed by atoms with Crippen LogP contribution in [0.5, 0.6) is 17.2 Å². The maximum absolute atomic E-state index is 10.3. The summed E-state index contributed by atoms with van der Waals surface area (Å²) in [6, 6.07) is 0. The Morgan fingerprint density at radius 2 is 1.20 bits per heavy atom. The van der Waals surface area contributed by atoms with Crippen LogP contribution in [0.2, 0.25) is 0 Å². The summed E-state index contributed by atoms with van der Waals surface area (Å²) >= 11 is 0. The highest BCUT2D eigenvalue weighted by Crippen LogP contribution is 2.45. The van der Waals surface area contributed by atoms with E-state index < -0.39 is 0 Å². The van der Waals surface area contributed by atoms with E-state index in [1.165, 1.54) is 5.56 Å². The number of hydrogen-bond donors (Lipinski definition) is 2. The van der Waals surface area contributed by atoms with Gasteiger partial charge >= 0.3 is 0 Å². The minimum Gasteiger partial charge on any atom is -0.504 e. The third kappa shape index (κ3) is 3.38. The standard InChI is InChI=1S/C17H28O3/c1-5-9-12-13(10-6-2)15(18)16(19)17(20-8-4)14(12)11-7-3/h18-19H,5-11H2,1-4H3. The zero-order valence-corrected chi connectivity index (χ0v) is 13.3. The van der Waals surface area contributed by atoms with E-state index >= 15 is 0 Å². The van der Waals surface area contributed by atoms with Crippen molar-refractivity contribution in [3.05, 3.63) is 16.7 Å². The van der Waals surface area contributed by atoms with E-state index in [2.05, 4.69) is 20.8 Å². The van der Waals surface area contributed by atoms with Crippen LogP contribution in [-0.2, 0) is 19.3 Å². The number of phenols is 2. The molecule has 1 aromatic rings. The summed E-state index contributed by atoms with van der Waals surface area (Å²) in [4.78, 5) is 0. The number of aromatic hydroxyl groups is 2. The Labute approximate surface area is 122 Å². The van der Waals surface area contributed by atoms with Crippen LogP contribution in [-0.4, -0.2) is 16.8 Å². The third-order valence-corrected chi connectivity index (χ3v) is 3.52. The van der Waals surface area contributed by atoms with Gasteiger partial charge in [-0.2, -0.15) is 0 Å². The van der Waals surface area contributed by atoms with E-state index in [0.29, 0.717) is 12.4 Å². The second kappa shape index (κ2) is 8.03. The van der Waals surface area contributed by atoms with Crippen LogP contribution in [0.15, 0.2) is 0 Å². The molecule has 0 aliphatic rings. The van der Waals surface area contributed by atoms with Crippen molar-refractivity contribution in [2.45, 2.75) is 66.2 Å². The highest BCUT2D eigenvalue weighted by molar-refractivity contribution is 5.62. The molecule has 0 aliphatic heterocycles. The fourth-order valence-electron chi connectivity index (χ4n) is 2.74. The molecule has 0 heterocycles. The molecule has 114 valence electrons. The van der Waals surface area contributed by atoms with Gasteiger partial charge in [0.25, 0.3) is 0 Å². The summed E-state index contributed by atoms with van der Waals surface area (Å²) in [6.07, 6.45) is 5.53. The first kappa shape index (κ1) is 16.7. The van der Waals surface area contributed by atoms with Gasteiger partial charge in [-0.1, -0.05) is 40.0 Å². The van der Waals surface area contributed by atoms with Crippen LogP contribution in [0.25, 0.3) is 0 Å². The molecular formula is C17H28O3. The minimum absolute atomic E-state index is 0.0126. The van der Waals surface area contributed by atoms with Gasteiger partial charge in [0.2, 0.25) is 5.75 Å². The molecule has 0 radical (unpaired) electrons. The first-order valence-corrected chi connectivity index (χ1v) is 7.83. The van der Waals surface area contributed by atoms with Crippen molar-refractivity contribution in [3.63, 3.8) is 0 Å². The van der Waals surface area contributed by atoms with Gasteiger partial charge in [-0.3, -0.25) is 0 Å². The quantitative estimate of drug-likeness (QED) is 0.696. The van der Waals surface area contributed by atoms with Gasteiger partial charge in [0, 0.05) is 11.1 Å². The van der Waals surface area contributed by atoms with Crippen molar-refractivity contribution in [1.29, 1.82) is 0 Å². The van der Waals surface area contributed by atoms with Gasteiger partial charge in [-0.05, 0) is 31.7 Å².